The molecule has 0 saturated carbocycles. The number of nitrogens with zero attached hydrogens (tertiary/aromatic N) is 2. The van der Waals surface area contributed by atoms with Crippen LogP contribution in [0.25, 0.3) is 0 Å². The maximum absolute atomic E-state index is 13.3. The molecule has 0 unspecified atom stereocenters. The van der Waals surface area contributed by atoms with E-state index in [9.17, 15) is 14.5 Å². The van der Waals surface area contributed by atoms with Crippen LogP contribution in [-0.4, -0.2) is 19.0 Å². The van der Waals surface area contributed by atoms with E-state index < -0.39 is 10.7 Å². The van der Waals surface area contributed by atoms with Gasteiger partial charge in [0.2, 0.25) is 0 Å². The zero-order valence-electron chi connectivity index (χ0n) is 11.1. The van der Waals surface area contributed by atoms with Crippen LogP contribution in [0.4, 0.5) is 27.1 Å². The molecule has 0 fully saturated rings. The van der Waals surface area contributed by atoms with E-state index in [2.05, 4.69) is 5.32 Å². The van der Waals surface area contributed by atoms with Crippen molar-refractivity contribution in [2.45, 2.75) is 0 Å². The molecule has 0 radical (unpaired) electrons. The standard InChI is InChI=1S/C14H14FN3O2/c1-17(2)13-5-3-4-11(8-13)16-12-6-10(15)7-14(9-12)18(19)20/h3-9,16H,1-2H3. The third-order valence-electron chi connectivity index (χ3n) is 2.74. The summed E-state index contributed by atoms with van der Waals surface area (Å²) in [7, 11) is 3.82. The first-order chi connectivity index (χ1) is 9.45. The number of hydrogen-bond acceptors (Lipinski definition) is 4. The van der Waals surface area contributed by atoms with Crippen molar-refractivity contribution in [3.63, 3.8) is 0 Å². The third-order valence-corrected chi connectivity index (χ3v) is 2.74. The second-order valence-electron chi connectivity index (χ2n) is 4.52. The maximum Gasteiger partial charge on any atom is 0.274 e. The van der Waals surface area contributed by atoms with Crippen LogP contribution in [0, 0.1) is 15.9 Å². The van der Waals surface area contributed by atoms with Crippen LogP contribution in [0.1, 0.15) is 0 Å². The molecule has 104 valence electrons. The van der Waals surface area contributed by atoms with Gasteiger partial charge < -0.3 is 10.2 Å². The first-order valence-electron chi connectivity index (χ1n) is 5.95. The van der Waals surface area contributed by atoms with Crippen molar-refractivity contribution < 1.29 is 9.31 Å². The zero-order chi connectivity index (χ0) is 14.7. The maximum atomic E-state index is 13.3. The van der Waals surface area contributed by atoms with Crippen LogP contribution in [0.3, 0.4) is 0 Å². The second-order valence-corrected chi connectivity index (χ2v) is 4.52. The molecular weight excluding hydrogens is 261 g/mol. The topological polar surface area (TPSA) is 58.4 Å². The van der Waals surface area contributed by atoms with Crippen molar-refractivity contribution in [3.8, 4) is 0 Å². The van der Waals surface area contributed by atoms with Gasteiger partial charge in [-0.1, -0.05) is 6.07 Å². The number of anilines is 3. The number of nitrogens with one attached hydrogen (secondary N) is 1. The van der Waals surface area contributed by atoms with Gasteiger partial charge in [0.15, 0.2) is 0 Å². The van der Waals surface area contributed by atoms with Crippen LogP contribution >= 0.6 is 0 Å². The molecule has 0 aliphatic rings. The van der Waals surface area contributed by atoms with E-state index in [0.29, 0.717) is 5.69 Å². The predicted molar refractivity (Wildman–Crippen MR) is 77.1 cm³/mol. The van der Waals surface area contributed by atoms with Crippen LogP contribution in [-0.2, 0) is 0 Å². The Kier molecular flexibility index (Phi) is 3.84. The smallest absolute Gasteiger partial charge is 0.274 e. The molecule has 0 aliphatic heterocycles. The molecule has 0 saturated heterocycles. The minimum absolute atomic E-state index is 0.281. The van der Waals surface area contributed by atoms with Gasteiger partial charge in [0, 0.05) is 37.2 Å². The van der Waals surface area contributed by atoms with E-state index in [1.165, 1.54) is 12.1 Å². The Labute approximate surface area is 115 Å². The minimum atomic E-state index is -0.648. The predicted octanol–water partition coefficient (Wildman–Crippen LogP) is 3.54. The summed E-state index contributed by atoms with van der Waals surface area (Å²) in [5.74, 6) is -0.648. The molecule has 1 N–H and O–H groups in total. The van der Waals surface area contributed by atoms with Gasteiger partial charge in [0.05, 0.1) is 11.0 Å². The Morgan fingerprint density at radius 1 is 1.15 bits per heavy atom. The monoisotopic (exact) mass is 275 g/mol. The van der Waals surface area contributed by atoms with Crippen LogP contribution in [0.15, 0.2) is 42.5 Å². The molecule has 0 atom stereocenters. The van der Waals surface area contributed by atoms with Crippen LogP contribution < -0.4 is 10.2 Å². The number of nitro groups is 1. The number of benzene rings is 2. The van der Waals surface area contributed by atoms with Crippen molar-refractivity contribution >= 4 is 22.7 Å². The Balaban J connectivity index is 2.30. The lowest BCUT2D eigenvalue weighted by Gasteiger charge is -2.14. The number of rotatable bonds is 4. The lowest BCUT2D eigenvalue weighted by molar-refractivity contribution is -0.385. The van der Waals surface area contributed by atoms with Crippen molar-refractivity contribution in [2.75, 3.05) is 24.3 Å². The molecule has 6 heteroatoms. The number of hydrogen-bond donors (Lipinski definition) is 1. The fourth-order valence-corrected chi connectivity index (χ4v) is 1.78. The summed E-state index contributed by atoms with van der Waals surface area (Å²) in [6.45, 7) is 0. The van der Waals surface area contributed by atoms with E-state index in [-0.39, 0.29) is 5.69 Å². The molecule has 2 aromatic rings. The largest absolute Gasteiger partial charge is 0.378 e. The lowest BCUT2D eigenvalue weighted by atomic mass is 10.2. The van der Waals surface area contributed by atoms with Gasteiger partial charge in [-0.2, -0.15) is 0 Å². The SMILES string of the molecule is CN(C)c1cccc(Nc2cc(F)cc([N+](=O)[O-])c2)c1. The molecule has 2 rings (SSSR count). The van der Waals surface area contributed by atoms with Gasteiger partial charge in [-0.05, 0) is 24.3 Å². The quantitative estimate of drug-likeness (QED) is 0.685. The normalized spacial score (nSPS) is 10.2. The summed E-state index contributed by atoms with van der Waals surface area (Å²) in [4.78, 5) is 12.0. The van der Waals surface area contributed by atoms with Gasteiger partial charge in [0.25, 0.3) is 5.69 Å². The van der Waals surface area contributed by atoms with Crippen molar-refractivity contribution in [3.05, 3.63) is 58.4 Å². The summed E-state index contributed by atoms with van der Waals surface area (Å²) < 4.78 is 13.3. The number of halogens is 1. The molecule has 0 aliphatic carbocycles. The Morgan fingerprint density at radius 2 is 1.90 bits per heavy atom. The van der Waals surface area contributed by atoms with E-state index in [1.54, 1.807) is 0 Å². The zero-order valence-corrected chi connectivity index (χ0v) is 11.1. The average Bonchev–Trinajstić information content (AvgIpc) is 2.38. The van der Waals surface area contributed by atoms with E-state index in [0.717, 1.165) is 17.4 Å². The van der Waals surface area contributed by atoms with Gasteiger partial charge in [-0.15, -0.1) is 0 Å². The second kappa shape index (κ2) is 5.56. The summed E-state index contributed by atoms with van der Waals surface area (Å²) in [6, 6.07) is 10.9. The van der Waals surface area contributed by atoms with Crippen molar-refractivity contribution in [1.82, 2.24) is 0 Å². The van der Waals surface area contributed by atoms with Gasteiger partial charge in [-0.25, -0.2) is 4.39 Å². The molecule has 0 aromatic heterocycles. The average molecular weight is 275 g/mol. The Morgan fingerprint density at radius 3 is 2.55 bits per heavy atom. The fourth-order valence-electron chi connectivity index (χ4n) is 1.78. The van der Waals surface area contributed by atoms with Gasteiger partial charge in [0.1, 0.15) is 5.82 Å². The summed E-state index contributed by atoms with van der Waals surface area (Å²) >= 11 is 0. The van der Waals surface area contributed by atoms with Crippen molar-refractivity contribution in [2.24, 2.45) is 0 Å². The van der Waals surface area contributed by atoms with Crippen LogP contribution in [0.5, 0.6) is 0 Å². The molecule has 5 nitrogen and oxygen atoms in total. The number of nitro benzene ring substituents is 1. The summed E-state index contributed by atoms with van der Waals surface area (Å²) in [5.41, 5.74) is 1.76. The summed E-state index contributed by atoms with van der Waals surface area (Å²) in [6.07, 6.45) is 0. The van der Waals surface area contributed by atoms with E-state index in [4.69, 9.17) is 0 Å². The van der Waals surface area contributed by atoms with Crippen LogP contribution in [0.2, 0.25) is 0 Å². The highest BCUT2D eigenvalue weighted by Crippen LogP contribution is 2.25. The molecule has 20 heavy (non-hydrogen) atoms. The lowest BCUT2D eigenvalue weighted by Crippen LogP contribution is -2.08. The van der Waals surface area contributed by atoms with E-state index in [1.807, 2.05) is 43.3 Å². The summed E-state index contributed by atoms with van der Waals surface area (Å²) in [5, 5.41) is 13.7. The molecule has 0 amide bonds. The molecule has 0 spiro atoms. The van der Waals surface area contributed by atoms with Gasteiger partial charge in [-0.3, -0.25) is 10.1 Å². The first kappa shape index (κ1) is 13.8. The van der Waals surface area contributed by atoms with Crippen molar-refractivity contribution in [1.29, 1.82) is 0 Å². The Hall–Kier alpha value is -2.63. The molecule has 2 aromatic carbocycles. The third kappa shape index (κ3) is 3.23. The molecular formula is C14H14FN3O2. The minimum Gasteiger partial charge on any atom is -0.378 e. The fraction of sp³-hybridized carbons (Fsp3) is 0.143. The van der Waals surface area contributed by atoms with E-state index >= 15 is 0 Å². The molecule has 0 heterocycles. The van der Waals surface area contributed by atoms with Gasteiger partial charge >= 0.3 is 0 Å². The highest BCUT2D eigenvalue weighted by Gasteiger charge is 2.10. The first-order valence-corrected chi connectivity index (χ1v) is 5.95. The number of non-ortho nitro benzene ring substituents is 1. The highest BCUT2D eigenvalue weighted by molar-refractivity contribution is 5.66. The molecule has 0 bridgehead atoms. The highest BCUT2D eigenvalue weighted by atomic mass is 19.1. The Bertz CT molecular complexity index is 644.